The van der Waals surface area contributed by atoms with Crippen molar-refractivity contribution in [2.75, 3.05) is 5.32 Å². The summed E-state index contributed by atoms with van der Waals surface area (Å²) in [5.74, 6) is 0.264. The molecule has 0 unspecified atom stereocenters. The van der Waals surface area contributed by atoms with Gasteiger partial charge in [-0.15, -0.1) is 0 Å². The van der Waals surface area contributed by atoms with Crippen LogP contribution in [-0.2, 0) is 14.1 Å². The second kappa shape index (κ2) is 7.51. The highest BCUT2D eigenvalue weighted by Crippen LogP contribution is 2.32. The van der Waals surface area contributed by atoms with Gasteiger partial charge in [0, 0.05) is 25.3 Å². The Balaban J connectivity index is 1.96. The summed E-state index contributed by atoms with van der Waals surface area (Å²) in [4.78, 5) is 36.7. The maximum absolute atomic E-state index is 12.6. The smallest absolute Gasteiger partial charge is 0.330 e. The highest BCUT2D eigenvalue weighted by molar-refractivity contribution is 6.31. The number of nitrogens with one attached hydrogen (secondary N) is 1. The molecule has 0 radical (unpaired) electrons. The average Bonchev–Trinajstić information content (AvgIpc) is 2.66. The number of benzene rings is 2. The number of nitrogens with zero attached hydrogens (tertiary/aromatic N) is 2. The highest BCUT2D eigenvalue weighted by Gasteiger charge is 2.17. The lowest BCUT2D eigenvalue weighted by molar-refractivity contribution is 0.102. The molecular weight excluding hydrogens is 370 g/mol. The lowest BCUT2D eigenvalue weighted by atomic mass is 10.2. The molecule has 0 aliphatic heterocycles. The fourth-order valence-corrected chi connectivity index (χ4v) is 2.63. The third kappa shape index (κ3) is 3.93. The van der Waals surface area contributed by atoms with E-state index in [2.05, 4.69) is 5.32 Å². The van der Waals surface area contributed by atoms with Crippen molar-refractivity contribution in [2.24, 2.45) is 14.1 Å². The normalized spacial score (nSPS) is 10.5. The van der Waals surface area contributed by atoms with E-state index in [1.54, 1.807) is 24.3 Å². The molecule has 1 aromatic heterocycles. The van der Waals surface area contributed by atoms with E-state index in [1.165, 1.54) is 26.4 Å². The minimum Gasteiger partial charge on any atom is -0.455 e. The number of halogens is 1. The first-order valence-electron chi connectivity index (χ1n) is 7.97. The Kier molecular flexibility index (Phi) is 5.14. The number of amides is 1. The van der Waals surface area contributed by atoms with E-state index in [9.17, 15) is 14.4 Å². The third-order valence-corrected chi connectivity index (χ3v) is 4.09. The van der Waals surface area contributed by atoms with E-state index < -0.39 is 17.2 Å². The number of aryl methyl sites for hydroxylation is 1. The van der Waals surface area contributed by atoms with Gasteiger partial charge in [-0.25, -0.2) is 4.79 Å². The zero-order valence-corrected chi connectivity index (χ0v) is 15.4. The molecule has 8 heteroatoms. The molecule has 0 spiro atoms. The second-order valence-electron chi connectivity index (χ2n) is 5.81. The quantitative estimate of drug-likeness (QED) is 0.748. The van der Waals surface area contributed by atoms with Crippen molar-refractivity contribution < 1.29 is 9.53 Å². The van der Waals surface area contributed by atoms with E-state index >= 15 is 0 Å². The van der Waals surface area contributed by atoms with Gasteiger partial charge in [-0.2, -0.15) is 0 Å². The van der Waals surface area contributed by atoms with E-state index in [0.29, 0.717) is 22.2 Å². The van der Waals surface area contributed by atoms with E-state index in [-0.39, 0.29) is 5.56 Å². The van der Waals surface area contributed by atoms with Gasteiger partial charge in [0.25, 0.3) is 11.5 Å². The number of para-hydroxylation sites is 1. The Bertz CT molecular complexity index is 1120. The van der Waals surface area contributed by atoms with Crippen LogP contribution in [0.4, 0.5) is 5.69 Å². The number of hydrogen-bond acceptors (Lipinski definition) is 4. The van der Waals surface area contributed by atoms with Gasteiger partial charge in [-0.1, -0.05) is 29.8 Å². The molecule has 1 N–H and O–H groups in total. The number of carbonyl (C=O) groups excluding carboxylic acids is 1. The Morgan fingerprint density at radius 3 is 2.48 bits per heavy atom. The molecule has 138 valence electrons. The molecule has 27 heavy (non-hydrogen) atoms. The zero-order chi connectivity index (χ0) is 19.6. The lowest BCUT2D eigenvalue weighted by Gasteiger charge is -2.13. The Hall–Kier alpha value is -3.32. The van der Waals surface area contributed by atoms with Crippen LogP contribution in [0.1, 0.15) is 10.4 Å². The molecule has 0 bridgehead atoms. The summed E-state index contributed by atoms with van der Waals surface area (Å²) in [6, 6.07) is 13.8. The Morgan fingerprint density at radius 1 is 1.07 bits per heavy atom. The van der Waals surface area contributed by atoms with Crippen LogP contribution in [0.3, 0.4) is 0 Å². The van der Waals surface area contributed by atoms with E-state index in [4.69, 9.17) is 16.3 Å². The number of aromatic nitrogens is 2. The van der Waals surface area contributed by atoms with Crippen LogP contribution in [0, 0.1) is 0 Å². The highest BCUT2D eigenvalue weighted by atomic mass is 35.5. The minimum absolute atomic E-state index is 0.176. The fourth-order valence-electron chi connectivity index (χ4n) is 2.46. The van der Waals surface area contributed by atoms with E-state index in [0.717, 1.165) is 9.13 Å². The van der Waals surface area contributed by atoms with Gasteiger partial charge < -0.3 is 14.6 Å². The summed E-state index contributed by atoms with van der Waals surface area (Å²) < 4.78 is 7.82. The number of hydrogen-bond donors (Lipinski definition) is 1. The molecular formula is C19H16ClN3O4. The molecule has 0 saturated heterocycles. The van der Waals surface area contributed by atoms with Gasteiger partial charge in [0.1, 0.15) is 11.3 Å². The molecule has 1 amide bonds. The first-order chi connectivity index (χ1) is 12.9. The number of carbonyl (C=O) groups is 1. The van der Waals surface area contributed by atoms with Crippen molar-refractivity contribution in [3.63, 3.8) is 0 Å². The Labute approximate surface area is 159 Å². The van der Waals surface area contributed by atoms with Crippen molar-refractivity contribution >= 4 is 23.2 Å². The second-order valence-corrected chi connectivity index (χ2v) is 6.25. The number of ether oxygens (including phenoxy) is 1. The summed E-state index contributed by atoms with van der Waals surface area (Å²) in [6.07, 6.45) is 1.20. The summed E-state index contributed by atoms with van der Waals surface area (Å²) in [7, 11) is 2.77. The van der Waals surface area contributed by atoms with Crippen LogP contribution in [0.25, 0.3) is 0 Å². The summed E-state index contributed by atoms with van der Waals surface area (Å²) >= 11 is 6.03. The van der Waals surface area contributed by atoms with Gasteiger partial charge in [-0.3, -0.25) is 14.2 Å². The molecule has 3 aromatic rings. The third-order valence-electron chi connectivity index (χ3n) is 3.85. The van der Waals surface area contributed by atoms with Gasteiger partial charge >= 0.3 is 5.69 Å². The van der Waals surface area contributed by atoms with Crippen molar-refractivity contribution in [2.45, 2.75) is 0 Å². The van der Waals surface area contributed by atoms with Crippen molar-refractivity contribution in [1.82, 2.24) is 9.13 Å². The zero-order valence-electron chi connectivity index (χ0n) is 14.6. The number of rotatable bonds is 4. The topological polar surface area (TPSA) is 82.3 Å². The number of anilines is 1. The van der Waals surface area contributed by atoms with Gasteiger partial charge in [0.05, 0.1) is 5.69 Å². The molecule has 0 fully saturated rings. The molecule has 1 heterocycles. The monoisotopic (exact) mass is 385 g/mol. The van der Waals surface area contributed by atoms with Crippen molar-refractivity contribution in [1.29, 1.82) is 0 Å². The molecule has 0 atom stereocenters. The standard InChI is InChI=1S/C19H16ClN3O4/c1-22-11-14(18(25)23(2)19(22)26)17(24)21-15-10-12(20)8-9-16(15)27-13-6-4-3-5-7-13/h3-11H,1-2H3,(H,21,24). The minimum atomic E-state index is -0.692. The predicted molar refractivity (Wildman–Crippen MR) is 103 cm³/mol. The predicted octanol–water partition coefficient (Wildman–Crippen LogP) is 2.78. The van der Waals surface area contributed by atoms with Gasteiger partial charge in [-0.05, 0) is 30.3 Å². The molecule has 3 rings (SSSR count). The maximum atomic E-state index is 12.6. The molecule has 0 aliphatic carbocycles. The summed E-state index contributed by atoms with van der Waals surface area (Å²) in [5, 5.41) is 3.01. The first-order valence-corrected chi connectivity index (χ1v) is 8.35. The lowest BCUT2D eigenvalue weighted by Crippen LogP contribution is -2.40. The Morgan fingerprint density at radius 2 is 1.78 bits per heavy atom. The van der Waals surface area contributed by atoms with Crippen molar-refractivity contribution in [3.05, 3.63) is 86.2 Å². The van der Waals surface area contributed by atoms with Crippen LogP contribution >= 0.6 is 11.6 Å². The molecule has 0 saturated carbocycles. The van der Waals surface area contributed by atoms with Crippen LogP contribution in [-0.4, -0.2) is 15.0 Å². The largest absolute Gasteiger partial charge is 0.455 e. The first kappa shape index (κ1) is 18.5. The van der Waals surface area contributed by atoms with Gasteiger partial charge in [0.15, 0.2) is 5.75 Å². The maximum Gasteiger partial charge on any atom is 0.330 e. The fraction of sp³-hybridized carbons (Fsp3) is 0.105. The molecule has 2 aromatic carbocycles. The van der Waals surface area contributed by atoms with Crippen LogP contribution in [0.15, 0.2) is 64.3 Å². The van der Waals surface area contributed by atoms with Gasteiger partial charge in [0.2, 0.25) is 0 Å². The van der Waals surface area contributed by atoms with Crippen molar-refractivity contribution in [3.8, 4) is 11.5 Å². The van der Waals surface area contributed by atoms with Crippen LogP contribution < -0.4 is 21.3 Å². The SMILES string of the molecule is Cn1cc(C(=O)Nc2cc(Cl)ccc2Oc2ccccc2)c(=O)n(C)c1=O. The molecule has 7 nitrogen and oxygen atoms in total. The average molecular weight is 386 g/mol. The summed E-state index contributed by atoms with van der Waals surface area (Å²) in [6.45, 7) is 0. The van der Waals surface area contributed by atoms with Crippen LogP contribution in [0.2, 0.25) is 5.02 Å². The molecule has 0 aliphatic rings. The van der Waals surface area contributed by atoms with E-state index in [1.807, 2.05) is 18.2 Å². The van der Waals surface area contributed by atoms with Crippen LogP contribution in [0.5, 0.6) is 11.5 Å². The summed E-state index contributed by atoms with van der Waals surface area (Å²) in [5.41, 5.74) is -1.09.